The number of fused-ring (bicyclic) bond motifs is 10. The predicted octanol–water partition coefficient (Wildman–Crippen LogP) is 4.48. The van der Waals surface area contributed by atoms with Gasteiger partial charge >= 0.3 is 0 Å². The summed E-state index contributed by atoms with van der Waals surface area (Å²) in [6, 6.07) is 13.8. The highest BCUT2D eigenvalue weighted by molar-refractivity contribution is 6.32. The summed E-state index contributed by atoms with van der Waals surface area (Å²) in [5.41, 5.74) is 3.76. The third-order valence-electron chi connectivity index (χ3n) is 10.1. The average Bonchev–Trinajstić information content (AvgIpc) is 3.48. The molecule has 4 atom stereocenters. The second-order valence-electron chi connectivity index (χ2n) is 12.5. The summed E-state index contributed by atoms with van der Waals surface area (Å²) in [5.74, 6) is -0.152. The minimum absolute atomic E-state index is 0. The maximum atomic E-state index is 13.0. The van der Waals surface area contributed by atoms with E-state index in [1.54, 1.807) is 54.8 Å². The number of aromatic hydroxyl groups is 2. The summed E-state index contributed by atoms with van der Waals surface area (Å²) < 4.78 is 0. The van der Waals surface area contributed by atoms with Crippen LogP contribution in [0.3, 0.4) is 0 Å². The monoisotopic (exact) mass is 638 g/mol. The van der Waals surface area contributed by atoms with Gasteiger partial charge in [0.05, 0.1) is 23.0 Å². The molecule has 0 saturated heterocycles. The molecule has 4 heterocycles. The van der Waals surface area contributed by atoms with Gasteiger partial charge in [0.2, 0.25) is 0 Å². The fraction of sp³-hybridized carbons (Fsp3) is 0.278. The van der Waals surface area contributed by atoms with Crippen molar-refractivity contribution in [3.63, 3.8) is 0 Å². The fourth-order valence-corrected chi connectivity index (χ4v) is 6.93. The number of rotatable bonds is 0. The topological polar surface area (TPSA) is 140 Å². The van der Waals surface area contributed by atoms with Gasteiger partial charge in [-0.3, -0.25) is 29.0 Å². The van der Waals surface area contributed by atoms with Crippen LogP contribution in [0.1, 0.15) is 70.7 Å². The Morgan fingerprint density at radius 3 is 1.50 bits per heavy atom. The standard InChI is InChI=1S/2C18H16N2O3.2B/c1-8-10(3)20-16(19-17(8)22)15-12(18(20)23)6-4-11-5-7-13(21)9(2)14(11)15;1-8-10(3)20-16(19-17(8)22)12-6-4-11-5-7-13(21)9(2)14(11)15(12)18(20)23;;/h2*4-8,10,21H,1-3H3;;/t8?,10-;8-,10+;;/m00../s1. The SMILES string of the molecule is Cc1c(O)ccc2ccc3c(c12)C(=O)N1C3=NC(=O)[C@@H](C)[C@H]1C.Cc1c(O)ccc2ccc3c(c12)C1=NC(=O)C(C)[C@H](C)N1C3=O.[B].[B]. The van der Waals surface area contributed by atoms with Gasteiger partial charge in [-0.2, -0.15) is 9.98 Å². The summed E-state index contributed by atoms with van der Waals surface area (Å²) >= 11 is 0. The number of aliphatic imine (C=N–C) groups is 2. The summed E-state index contributed by atoms with van der Waals surface area (Å²) in [6.45, 7) is 10.9. The molecule has 4 aromatic carbocycles. The van der Waals surface area contributed by atoms with E-state index < -0.39 is 0 Å². The first-order valence-corrected chi connectivity index (χ1v) is 15.3. The predicted molar refractivity (Wildman–Crippen MR) is 185 cm³/mol. The molecule has 4 amide bonds. The second kappa shape index (κ2) is 11.8. The van der Waals surface area contributed by atoms with Gasteiger partial charge in [0, 0.05) is 50.8 Å². The second-order valence-corrected chi connectivity index (χ2v) is 12.5. The molecule has 6 radical (unpaired) electrons. The van der Waals surface area contributed by atoms with Crippen molar-refractivity contribution in [2.24, 2.45) is 21.8 Å². The van der Waals surface area contributed by atoms with E-state index in [2.05, 4.69) is 9.98 Å². The lowest BCUT2D eigenvalue weighted by Crippen LogP contribution is -2.48. The number of carbonyl (C=O) groups excluding carboxylic acids is 4. The van der Waals surface area contributed by atoms with Crippen LogP contribution in [0.5, 0.6) is 11.5 Å². The van der Waals surface area contributed by atoms with Gasteiger partial charge in [-0.15, -0.1) is 0 Å². The molecule has 0 bridgehead atoms. The molecule has 12 heteroatoms. The number of amides is 4. The van der Waals surface area contributed by atoms with Crippen molar-refractivity contribution in [1.82, 2.24) is 9.80 Å². The number of carbonyl (C=O) groups is 4. The molecule has 0 aromatic heterocycles. The minimum Gasteiger partial charge on any atom is -0.508 e. The first-order chi connectivity index (χ1) is 21.8. The third kappa shape index (κ3) is 4.57. The Balaban J connectivity index is 0.000000180. The maximum absolute atomic E-state index is 13.0. The summed E-state index contributed by atoms with van der Waals surface area (Å²) in [7, 11) is 0. The van der Waals surface area contributed by atoms with Crippen LogP contribution in [0.25, 0.3) is 21.5 Å². The number of hydrogen-bond donors (Lipinski definition) is 2. The van der Waals surface area contributed by atoms with Crippen LogP contribution in [0.15, 0.2) is 58.5 Å². The van der Waals surface area contributed by atoms with Crippen molar-refractivity contribution in [2.45, 2.75) is 53.6 Å². The Hall–Kier alpha value is -5.25. The van der Waals surface area contributed by atoms with Gasteiger partial charge in [0.15, 0.2) is 0 Å². The molecule has 10 nitrogen and oxygen atoms in total. The van der Waals surface area contributed by atoms with E-state index in [9.17, 15) is 29.4 Å². The Labute approximate surface area is 281 Å². The van der Waals surface area contributed by atoms with Crippen LogP contribution in [0, 0.1) is 25.7 Å². The van der Waals surface area contributed by atoms with E-state index in [1.807, 2.05) is 45.0 Å². The van der Waals surface area contributed by atoms with Gasteiger partial charge in [-0.1, -0.05) is 38.1 Å². The molecule has 2 N–H and O–H groups in total. The first kappa shape index (κ1) is 34.1. The molecule has 238 valence electrons. The van der Waals surface area contributed by atoms with Crippen molar-refractivity contribution in [1.29, 1.82) is 0 Å². The molecule has 0 fully saturated rings. The Kier molecular flexibility index (Phi) is 8.36. The molecule has 48 heavy (non-hydrogen) atoms. The Morgan fingerprint density at radius 1 is 0.562 bits per heavy atom. The van der Waals surface area contributed by atoms with E-state index in [4.69, 9.17) is 0 Å². The number of amidine groups is 2. The Bertz CT molecular complexity index is 2180. The van der Waals surface area contributed by atoms with Crippen molar-refractivity contribution in [2.75, 3.05) is 0 Å². The van der Waals surface area contributed by atoms with Crippen LogP contribution in [0.4, 0.5) is 0 Å². The van der Waals surface area contributed by atoms with Crippen LogP contribution >= 0.6 is 0 Å². The summed E-state index contributed by atoms with van der Waals surface area (Å²) in [4.78, 5) is 61.6. The van der Waals surface area contributed by atoms with Gasteiger partial charge in [-0.25, -0.2) is 0 Å². The number of nitrogens with zero attached hydrogens (tertiary/aromatic N) is 4. The van der Waals surface area contributed by atoms with Gasteiger partial charge in [0.1, 0.15) is 23.2 Å². The number of aryl methyl sites for hydroxylation is 2. The molecular weight excluding hydrogens is 606 g/mol. The zero-order valence-corrected chi connectivity index (χ0v) is 27.4. The van der Waals surface area contributed by atoms with E-state index in [1.165, 1.54) is 0 Å². The van der Waals surface area contributed by atoms with Crippen molar-refractivity contribution < 1.29 is 29.4 Å². The van der Waals surface area contributed by atoms with Gasteiger partial charge < -0.3 is 10.2 Å². The van der Waals surface area contributed by atoms with Crippen molar-refractivity contribution in [3.8, 4) is 11.5 Å². The highest BCUT2D eigenvalue weighted by Crippen LogP contribution is 2.40. The van der Waals surface area contributed by atoms with E-state index >= 15 is 0 Å². The lowest BCUT2D eigenvalue weighted by molar-refractivity contribution is -0.123. The number of phenols is 2. The minimum atomic E-state index is -0.322. The molecule has 0 saturated carbocycles. The highest BCUT2D eigenvalue weighted by atomic mass is 16.3. The van der Waals surface area contributed by atoms with E-state index in [-0.39, 0.29) is 75.9 Å². The zero-order chi connectivity index (χ0) is 32.9. The smallest absolute Gasteiger partial charge is 0.261 e. The van der Waals surface area contributed by atoms with Crippen LogP contribution < -0.4 is 0 Å². The molecule has 1 unspecified atom stereocenters. The highest BCUT2D eigenvalue weighted by Gasteiger charge is 2.46. The zero-order valence-electron chi connectivity index (χ0n) is 27.4. The summed E-state index contributed by atoms with van der Waals surface area (Å²) in [5, 5.41) is 23.4. The van der Waals surface area contributed by atoms with Gasteiger partial charge in [0.25, 0.3) is 23.6 Å². The molecule has 4 aliphatic heterocycles. The number of hydrogen-bond acceptors (Lipinski definition) is 6. The largest absolute Gasteiger partial charge is 0.508 e. The third-order valence-corrected chi connectivity index (χ3v) is 10.1. The van der Waals surface area contributed by atoms with Crippen molar-refractivity contribution in [3.05, 3.63) is 81.9 Å². The fourth-order valence-electron chi connectivity index (χ4n) is 6.93. The lowest BCUT2D eigenvalue weighted by atomic mass is 9.95. The molecule has 0 aliphatic carbocycles. The molecule has 0 spiro atoms. The molecule has 4 aliphatic rings. The number of benzene rings is 4. The molecular formula is C36H32B2N4O6. The normalized spacial score (nSPS) is 22.1. The van der Waals surface area contributed by atoms with Crippen LogP contribution in [-0.4, -0.2) is 84.2 Å². The first-order valence-electron chi connectivity index (χ1n) is 15.3. The average molecular weight is 638 g/mol. The van der Waals surface area contributed by atoms with Gasteiger partial charge in [-0.05, 0) is 73.9 Å². The maximum Gasteiger partial charge on any atom is 0.261 e. The van der Waals surface area contributed by atoms with Crippen LogP contribution in [-0.2, 0) is 9.59 Å². The Morgan fingerprint density at radius 2 is 0.979 bits per heavy atom. The van der Waals surface area contributed by atoms with E-state index in [0.29, 0.717) is 45.1 Å². The number of phenolic OH excluding ortho intramolecular Hbond substituents is 2. The van der Waals surface area contributed by atoms with Crippen molar-refractivity contribution >= 4 is 73.7 Å². The lowest BCUT2D eigenvalue weighted by Gasteiger charge is -2.32. The van der Waals surface area contributed by atoms with E-state index in [0.717, 1.165) is 21.5 Å². The quantitative estimate of drug-likeness (QED) is 0.273. The molecule has 8 rings (SSSR count). The van der Waals surface area contributed by atoms with Crippen LogP contribution in [0.2, 0.25) is 0 Å². The molecule has 4 aromatic rings. The summed E-state index contributed by atoms with van der Waals surface area (Å²) in [6.07, 6.45) is 0.